The van der Waals surface area contributed by atoms with Gasteiger partial charge in [0.1, 0.15) is 0 Å². The lowest BCUT2D eigenvalue weighted by atomic mass is 10.2. The lowest BCUT2D eigenvalue weighted by molar-refractivity contribution is 0.101. The van der Waals surface area contributed by atoms with Gasteiger partial charge in [-0.15, -0.1) is 10.2 Å². The molecule has 6 nitrogen and oxygen atoms in total. The van der Waals surface area contributed by atoms with Gasteiger partial charge in [-0.2, -0.15) is 5.21 Å². The zero-order valence-corrected chi connectivity index (χ0v) is 9.12. The summed E-state index contributed by atoms with van der Waals surface area (Å²) < 4.78 is 0. The van der Waals surface area contributed by atoms with E-state index in [0.717, 1.165) is 5.56 Å². The van der Waals surface area contributed by atoms with Gasteiger partial charge in [0.05, 0.1) is 0 Å². The van der Waals surface area contributed by atoms with E-state index in [1.165, 1.54) is 0 Å². The number of nitrogens with zero attached hydrogens (tertiary/aromatic N) is 3. The minimum atomic E-state index is -0.431. The minimum absolute atomic E-state index is 0.0145. The molecule has 2 N–H and O–H groups in total. The van der Waals surface area contributed by atoms with E-state index in [0.29, 0.717) is 10.7 Å². The molecule has 2 rings (SSSR count). The van der Waals surface area contributed by atoms with Crippen LogP contribution >= 0.6 is 11.6 Å². The fourth-order valence-electron chi connectivity index (χ4n) is 1.18. The fourth-order valence-corrected chi connectivity index (χ4v) is 1.35. The first-order chi connectivity index (χ1) is 7.68. The topological polar surface area (TPSA) is 83.6 Å². The second-order valence-corrected chi connectivity index (χ2v) is 3.51. The second kappa shape index (κ2) is 4.28. The Kier molecular flexibility index (Phi) is 2.82. The lowest BCUT2D eigenvalue weighted by Gasteiger charge is -2.07. The van der Waals surface area contributed by atoms with Crippen LogP contribution < -0.4 is 5.32 Å². The number of amides is 1. The number of aromatic nitrogens is 4. The van der Waals surface area contributed by atoms with Gasteiger partial charge in [0.15, 0.2) is 0 Å². The first kappa shape index (κ1) is 10.6. The predicted molar refractivity (Wildman–Crippen MR) is 58.3 cm³/mol. The van der Waals surface area contributed by atoms with Crippen LogP contribution in [0.25, 0.3) is 0 Å². The molecule has 16 heavy (non-hydrogen) atoms. The SMILES string of the molecule is Cc1c(Cl)cccc1NC(=O)c1nn[nH]n1. The molecule has 0 aliphatic carbocycles. The molecule has 0 saturated heterocycles. The maximum atomic E-state index is 11.6. The van der Waals surface area contributed by atoms with Crippen molar-refractivity contribution < 1.29 is 4.79 Å². The number of anilines is 1. The second-order valence-electron chi connectivity index (χ2n) is 3.10. The molecule has 0 spiro atoms. The first-order valence-corrected chi connectivity index (χ1v) is 4.86. The molecular weight excluding hydrogens is 230 g/mol. The van der Waals surface area contributed by atoms with Crippen LogP contribution in [0.2, 0.25) is 5.02 Å². The van der Waals surface area contributed by atoms with Gasteiger partial charge in [-0.25, -0.2) is 0 Å². The average molecular weight is 238 g/mol. The Morgan fingerprint density at radius 1 is 1.50 bits per heavy atom. The van der Waals surface area contributed by atoms with Crippen LogP contribution in [0.4, 0.5) is 5.69 Å². The van der Waals surface area contributed by atoms with E-state index < -0.39 is 5.91 Å². The molecule has 0 aliphatic heterocycles. The van der Waals surface area contributed by atoms with E-state index in [9.17, 15) is 4.79 Å². The van der Waals surface area contributed by atoms with Gasteiger partial charge in [-0.1, -0.05) is 17.7 Å². The summed E-state index contributed by atoms with van der Waals surface area (Å²) in [6, 6.07) is 5.25. The zero-order valence-electron chi connectivity index (χ0n) is 8.36. The van der Waals surface area contributed by atoms with Crippen molar-refractivity contribution in [1.82, 2.24) is 20.6 Å². The van der Waals surface area contributed by atoms with Crippen LogP contribution in [0, 0.1) is 6.92 Å². The number of carbonyl (C=O) groups is 1. The van der Waals surface area contributed by atoms with Gasteiger partial charge in [0.2, 0.25) is 0 Å². The highest BCUT2D eigenvalue weighted by molar-refractivity contribution is 6.31. The van der Waals surface area contributed by atoms with Crippen molar-refractivity contribution in [2.45, 2.75) is 6.92 Å². The smallest absolute Gasteiger partial charge is 0.297 e. The monoisotopic (exact) mass is 237 g/mol. The number of aromatic amines is 1. The summed E-state index contributed by atoms with van der Waals surface area (Å²) >= 11 is 5.92. The Labute approximate surface area is 96.0 Å². The standard InChI is InChI=1S/C9H8ClN5O/c1-5-6(10)3-2-4-7(5)11-9(16)8-12-14-15-13-8/h2-4H,1H3,(H,11,16)(H,12,13,14,15). The van der Waals surface area contributed by atoms with E-state index in [-0.39, 0.29) is 5.82 Å². The number of H-pyrrole nitrogens is 1. The highest BCUT2D eigenvalue weighted by atomic mass is 35.5. The highest BCUT2D eigenvalue weighted by Crippen LogP contribution is 2.22. The Morgan fingerprint density at radius 3 is 3.00 bits per heavy atom. The van der Waals surface area contributed by atoms with Gasteiger partial charge in [-0.05, 0) is 29.8 Å². The normalized spacial score (nSPS) is 10.1. The van der Waals surface area contributed by atoms with Crippen LogP contribution in [0.3, 0.4) is 0 Å². The number of carbonyl (C=O) groups excluding carboxylic acids is 1. The van der Waals surface area contributed by atoms with E-state index >= 15 is 0 Å². The molecule has 0 bridgehead atoms. The number of rotatable bonds is 2. The van der Waals surface area contributed by atoms with Gasteiger partial charge >= 0.3 is 0 Å². The molecule has 2 aromatic rings. The van der Waals surface area contributed by atoms with Crippen LogP contribution in [0.15, 0.2) is 18.2 Å². The molecule has 82 valence electrons. The number of tetrazole rings is 1. The van der Waals surface area contributed by atoms with Gasteiger partial charge in [0.25, 0.3) is 11.7 Å². The van der Waals surface area contributed by atoms with Crippen molar-refractivity contribution in [3.8, 4) is 0 Å². The van der Waals surface area contributed by atoms with E-state index in [2.05, 4.69) is 25.9 Å². The molecule has 1 aromatic heterocycles. The maximum absolute atomic E-state index is 11.6. The quantitative estimate of drug-likeness (QED) is 0.827. The van der Waals surface area contributed by atoms with Crippen LogP contribution in [0.5, 0.6) is 0 Å². The summed E-state index contributed by atoms with van der Waals surface area (Å²) in [5.41, 5.74) is 1.42. The van der Waals surface area contributed by atoms with Crippen molar-refractivity contribution in [3.63, 3.8) is 0 Å². The summed E-state index contributed by atoms with van der Waals surface area (Å²) in [4.78, 5) is 11.6. The molecule has 1 heterocycles. The van der Waals surface area contributed by atoms with Gasteiger partial charge < -0.3 is 5.32 Å². The van der Waals surface area contributed by atoms with E-state index in [4.69, 9.17) is 11.6 Å². The highest BCUT2D eigenvalue weighted by Gasteiger charge is 2.12. The molecule has 0 aliphatic rings. The first-order valence-electron chi connectivity index (χ1n) is 4.48. The average Bonchev–Trinajstić information content (AvgIpc) is 2.78. The third-order valence-corrected chi connectivity index (χ3v) is 2.47. The number of benzene rings is 1. The van der Waals surface area contributed by atoms with Crippen LogP contribution in [-0.2, 0) is 0 Å². The lowest BCUT2D eigenvalue weighted by Crippen LogP contribution is -2.14. The van der Waals surface area contributed by atoms with Crippen LogP contribution in [-0.4, -0.2) is 26.5 Å². The largest absolute Gasteiger partial charge is 0.319 e. The van der Waals surface area contributed by atoms with Crippen LogP contribution in [0.1, 0.15) is 16.2 Å². The summed E-state index contributed by atoms with van der Waals surface area (Å²) in [5, 5.41) is 15.9. The molecule has 0 radical (unpaired) electrons. The van der Waals surface area contributed by atoms with E-state index in [1.54, 1.807) is 18.2 Å². The Balaban J connectivity index is 2.22. The third-order valence-electron chi connectivity index (χ3n) is 2.06. The third kappa shape index (κ3) is 2.01. The molecule has 0 atom stereocenters. The fraction of sp³-hybridized carbons (Fsp3) is 0.111. The van der Waals surface area contributed by atoms with Gasteiger partial charge in [-0.3, -0.25) is 4.79 Å². The maximum Gasteiger partial charge on any atom is 0.297 e. The Hall–Kier alpha value is -1.95. The molecule has 1 amide bonds. The molecule has 0 fully saturated rings. The zero-order chi connectivity index (χ0) is 11.5. The minimum Gasteiger partial charge on any atom is -0.319 e. The van der Waals surface area contributed by atoms with Crippen molar-refractivity contribution in [1.29, 1.82) is 0 Å². The molecule has 0 unspecified atom stereocenters. The summed E-state index contributed by atoms with van der Waals surface area (Å²) in [7, 11) is 0. The number of halogens is 1. The molecule has 7 heteroatoms. The summed E-state index contributed by atoms with van der Waals surface area (Å²) in [6.45, 7) is 1.81. The van der Waals surface area contributed by atoms with Crippen molar-refractivity contribution >= 4 is 23.2 Å². The van der Waals surface area contributed by atoms with E-state index in [1.807, 2.05) is 6.92 Å². The van der Waals surface area contributed by atoms with Gasteiger partial charge in [0, 0.05) is 10.7 Å². The summed E-state index contributed by atoms with van der Waals surface area (Å²) in [6.07, 6.45) is 0. The molecule has 1 aromatic carbocycles. The molecule has 0 saturated carbocycles. The number of hydrogen-bond acceptors (Lipinski definition) is 4. The Bertz CT molecular complexity index is 511. The summed E-state index contributed by atoms with van der Waals surface area (Å²) in [5.74, 6) is -0.446. The Morgan fingerprint density at radius 2 is 2.31 bits per heavy atom. The van der Waals surface area contributed by atoms with Crippen molar-refractivity contribution in [2.75, 3.05) is 5.32 Å². The van der Waals surface area contributed by atoms with Crippen molar-refractivity contribution in [3.05, 3.63) is 34.6 Å². The molecular formula is C9H8ClN5O. The predicted octanol–water partition coefficient (Wildman–Crippen LogP) is 1.41. The number of nitrogens with one attached hydrogen (secondary N) is 2. The number of hydrogen-bond donors (Lipinski definition) is 2. The van der Waals surface area contributed by atoms with Crippen molar-refractivity contribution in [2.24, 2.45) is 0 Å².